The summed E-state index contributed by atoms with van der Waals surface area (Å²) in [7, 11) is 0. The molecule has 20 heavy (non-hydrogen) atoms. The van der Waals surface area contributed by atoms with Gasteiger partial charge in [-0.25, -0.2) is 4.99 Å². The molecule has 0 fully saturated rings. The fraction of sp³-hybridized carbons (Fsp3) is 0.188. The third kappa shape index (κ3) is 2.45. The highest BCUT2D eigenvalue weighted by Crippen LogP contribution is 2.15. The van der Waals surface area contributed by atoms with Crippen LogP contribution in [0.15, 0.2) is 59.6 Å². The molecule has 3 aromatic rings. The molecule has 0 atom stereocenters. The number of aromatic nitrogens is 3. The second-order valence-electron chi connectivity index (χ2n) is 4.60. The lowest BCUT2D eigenvalue weighted by molar-refractivity contribution is 0.823. The first-order chi connectivity index (χ1) is 9.88. The molecule has 0 bridgehead atoms. The summed E-state index contributed by atoms with van der Waals surface area (Å²) in [6.45, 7) is 2.14. The third-order valence-corrected chi connectivity index (χ3v) is 3.08. The van der Waals surface area contributed by atoms with E-state index in [1.54, 1.807) is 0 Å². The molecule has 100 valence electrons. The monoisotopic (exact) mass is 264 g/mol. The van der Waals surface area contributed by atoms with E-state index in [-0.39, 0.29) is 0 Å². The molecule has 0 spiro atoms. The molecular formula is C16H16N4. The van der Waals surface area contributed by atoms with Crippen LogP contribution in [0, 0.1) is 0 Å². The third-order valence-electron chi connectivity index (χ3n) is 3.08. The van der Waals surface area contributed by atoms with Crippen LogP contribution in [0.2, 0.25) is 0 Å². The number of aliphatic imine (C=N–C) groups is 1. The number of benzene rings is 2. The second kappa shape index (κ2) is 5.65. The lowest BCUT2D eigenvalue weighted by Gasteiger charge is -2.06. The number of hydrogen-bond acceptors (Lipinski definition) is 3. The zero-order valence-electron chi connectivity index (χ0n) is 11.4. The Bertz CT molecular complexity index is 728. The Hall–Kier alpha value is -2.49. The van der Waals surface area contributed by atoms with Crippen molar-refractivity contribution in [3.8, 4) is 0 Å². The summed E-state index contributed by atoms with van der Waals surface area (Å²) >= 11 is 0. The fourth-order valence-corrected chi connectivity index (χ4v) is 2.14. The second-order valence-corrected chi connectivity index (χ2v) is 4.60. The van der Waals surface area contributed by atoms with E-state index in [4.69, 9.17) is 4.99 Å². The molecule has 0 aliphatic carbocycles. The maximum Gasteiger partial charge on any atom is 0.132 e. The van der Waals surface area contributed by atoms with Crippen LogP contribution in [0.1, 0.15) is 19.8 Å². The summed E-state index contributed by atoms with van der Waals surface area (Å²) in [5, 5.41) is 8.44. The minimum absolute atomic E-state index is 0.863. The first kappa shape index (κ1) is 12.5. The van der Waals surface area contributed by atoms with Crippen LogP contribution >= 0.6 is 0 Å². The Morgan fingerprint density at radius 2 is 1.80 bits per heavy atom. The zero-order chi connectivity index (χ0) is 13.8. The molecule has 0 radical (unpaired) electrons. The van der Waals surface area contributed by atoms with E-state index in [0.29, 0.717) is 0 Å². The van der Waals surface area contributed by atoms with Crippen molar-refractivity contribution in [3.63, 3.8) is 0 Å². The number of para-hydroxylation sites is 2. The van der Waals surface area contributed by atoms with E-state index < -0.39 is 0 Å². The maximum atomic E-state index is 4.72. The average Bonchev–Trinajstić information content (AvgIpc) is 2.92. The highest BCUT2D eigenvalue weighted by Gasteiger charge is 2.09. The van der Waals surface area contributed by atoms with Gasteiger partial charge in [0.1, 0.15) is 11.4 Å². The topological polar surface area (TPSA) is 43.1 Å². The van der Waals surface area contributed by atoms with Gasteiger partial charge in [-0.2, -0.15) is 4.68 Å². The van der Waals surface area contributed by atoms with E-state index in [1.165, 1.54) is 0 Å². The van der Waals surface area contributed by atoms with Crippen LogP contribution in [0.4, 0.5) is 5.69 Å². The molecule has 1 aromatic heterocycles. The van der Waals surface area contributed by atoms with E-state index in [0.717, 1.165) is 35.4 Å². The Labute approximate surface area is 117 Å². The van der Waals surface area contributed by atoms with Crippen molar-refractivity contribution in [1.82, 2.24) is 15.0 Å². The summed E-state index contributed by atoms with van der Waals surface area (Å²) in [6.07, 6.45) is 1.88. The van der Waals surface area contributed by atoms with Crippen molar-refractivity contribution in [2.45, 2.75) is 19.8 Å². The molecule has 0 amide bonds. The number of fused-ring (bicyclic) bond motifs is 1. The van der Waals surface area contributed by atoms with Crippen molar-refractivity contribution in [2.24, 2.45) is 4.99 Å². The largest absolute Gasteiger partial charge is 0.233 e. The molecule has 0 aliphatic heterocycles. The van der Waals surface area contributed by atoms with Crippen molar-refractivity contribution in [1.29, 1.82) is 0 Å². The average molecular weight is 264 g/mol. The summed E-state index contributed by atoms with van der Waals surface area (Å²) in [5.41, 5.74) is 2.83. The molecular weight excluding hydrogens is 248 g/mol. The molecule has 1 heterocycles. The Morgan fingerprint density at radius 1 is 1.05 bits per heavy atom. The first-order valence-corrected chi connectivity index (χ1v) is 6.82. The van der Waals surface area contributed by atoms with E-state index >= 15 is 0 Å². The quantitative estimate of drug-likeness (QED) is 0.533. The van der Waals surface area contributed by atoms with Gasteiger partial charge in [0.15, 0.2) is 0 Å². The predicted octanol–water partition coefficient (Wildman–Crippen LogP) is 3.81. The lowest BCUT2D eigenvalue weighted by atomic mass is 10.2. The normalized spacial score (nSPS) is 11.9. The fourth-order valence-electron chi connectivity index (χ4n) is 2.14. The smallest absolute Gasteiger partial charge is 0.132 e. The van der Waals surface area contributed by atoms with Gasteiger partial charge in [0, 0.05) is 6.42 Å². The Morgan fingerprint density at radius 3 is 2.60 bits per heavy atom. The van der Waals surface area contributed by atoms with Crippen LogP contribution in [0.25, 0.3) is 11.0 Å². The van der Waals surface area contributed by atoms with Gasteiger partial charge in [-0.1, -0.05) is 42.5 Å². The van der Waals surface area contributed by atoms with Crippen molar-refractivity contribution < 1.29 is 0 Å². The summed E-state index contributed by atoms with van der Waals surface area (Å²) in [5.74, 6) is 0.924. The van der Waals surface area contributed by atoms with Crippen LogP contribution in [0.3, 0.4) is 0 Å². The van der Waals surface area contributed by atoms with Gasteiger partial charge in [-0.15, -0.1) is 5.10 Å². The van der Waals surface area contributed by atoms with Gasteiger partial charge in [-0.05, 0) is 30.7 Å². The van der Waals surface area contributed by atoms with E-state index in [9.17, 15) is 0 Å². The van der Waals surface area contributed by atoms with Crippen LogP contribution in [-0.4, -0.2) is 20.8 Å². The zero-order valence-corrected chi connectivity index (χ0v) is 11.4. The standard InChI is InChI=1S/C16H16N4/c1-2-8-16(17-13-9-4-3-5-10-13)20-15-12-7-6-11-14(15)18-19-20/h3-7,9-12H,2,8H2,1H3. The van der Waals surface area contributed by atoms with Crippen molar-refractivity contribution in [2.75, 3.05) is 0 Å². The van der Waals surface area contributed by atoms with Crippen LogP contribution in [-0.2, 0) is 0 Å². The highest BCUT2D eigenvalue weighted by molar-refractivity contribution is 5.93. The van der Waals surface area contributed by atoms with Gasteiger partial charge in [0.25, 0.3) is 0 Å². The number of nitrogens with zero attached hydrogens (tertiary/aromatic N) is 4. The van der Waals surface area contributed by atoms with Crippen LogP contribution in [0.5, 0.6) is 0 Å². The molecule has 4 heteroatoms. The Balaban J connectivity index is 2.09. The minimum Gasteiger partial charge on any atom is -0.233 e. The summed E-state index contributed by atoms with van der Waals surface area (Å²) in [6, 6.07) is 17.9. The summed E-state index contributed by atoms with van der Waals surface area (Å²) < 4.78 is 1.84. The lowest BCUT2D eigenvalue weighted by Crippen LogP contribution is -2.13. The van der Waals surface area contributed by atoms with Gasteiger partial charge in [-0.3, -0.25) is 0 Å². The van der Waals surface area contributed by atoms with Gasteiger partial charge >= 0.3 is 0 Å². The Kier molecular flexibility index (Phi) is 3.54. The molecule has 0 saturated carbocycles. The molecule has 2 aromatic carbocycles. The van der Waals surface area contributed by atoms with E-state index in [2.05, 4.69) is 17.2 Å². The van der Waals surface area contributed by atoms with Gasteiger partial charge < -0.3 is 0 Å². The molecule has 0 aliphatic rings. The van der Waals surface area contributed by atoms with Crippen LogP contribution < -0.4 is 0 Å². The number of hydrogen-bond donors (Lipinski definition) is 0. The maximum absolute atomic E-state index is 4.72. The predicted molar refractivity (Wildman–Crippen MR) is 81.4 cm³/mol. The molecule has 3 rings (SSSR count). The molecule has 0 unspecified atom stereocenters. The van der Waals surface area contributed by atoms with E-state index in [1.807, 2.05) is 59.3 Å². The van der Waals surface area contributed by atoms with Gasteiger partial charge in [0.2, 0.25) is 0 Å². The molecule has 4 nitrogen and oxygen atoms in total. The molecule has 0 saturated heterocycles. The van der Waals surface area contributed by atoms with Crippen molar-refractivity contribution >= 4 is 22.6 Å². The first-order valence-electron chi connectivity index (χ1n) is 6.82. The SMILES string of the molecule is CCCC(=Nc1ccccc1)n1nnc2ccccc21. The minimum atomic E-state index is 0.863. The molecule has 0 N–H and O–H groups in total. The number of rotatable bonds is 3. The van der Waals surface area contributed by atoms with Crippen molar-refractivity contribution in [3.05, 3.63) is 54.6 Å². The van der Waals surface area contributed by atoms with Gasteiger partial charge in [0.05, 0.1) is 11.2 Å². The highest BCUT2D eigenvalue weighted by atomic mass is 15.4. The summed E-state index contributed by atoms with van der Waals surface area (Å²) in [4.78, 5) is 4.72.